The summed E-state index contributed by atoms with van der Waals surface area (Å²) in [6.45, 7) is 2.49. The topological polar surface area (TPSA) is 62.6 Å². The molecule has 22 heavy (non-hydrogen) atoms. The first-order valence-corrected chi connectivity index (χ1v) is 8.99. The summed E-state index contributed by atoms with van der Waals surface area (Å²) in [5.74, 6) is 1.66. The average Bonchev–Trinajstić information content (AvgIpc) is 3.08. The average molecular weight is 322 g/mol. The number of thioether (sulfide) groups is 1. The summed E-state index contributed by atoms with van der Waals surface area (Å²) in [4.78, 5) is 26.9. The Bertz CT molecular complexity index is 528. The van der Waals surface area contributed by atoms with Gasteiger partial charge in [0.2, 0.25) is 11.8 Å². The second-order valence-electron chi connectivity index (χ2n) is 5.91. The van der Waals surface area contributed by atoms with Gasteiger partial charge in [-0.05, 0) is 31.4 Å². The van der Waals surface area contributed by atoms with Crippen LogP contribution in [-0.2, 0) is 16.1 Å². The number of rotatable bonds is 6. The molecule has 2 heterocycles. The molecule has 2 amide bonds. The second-order valence-corrected chi connectivity index (χ2v) is 7.12. The highest BCUT2D eigenvalue weighted by Crippen LogP contribution is 2.39. The van der Waals surface area contributed by atoms with E-state index in [4.69, 9.17) is 4.42 Å². The number of amides is 2. The van der Waals surface area contributed by atoms with Crippen molar-refractivity contribution in [3.63, 3.8) is 0 Å². The van der Waals surface area contributed by atoms with Gasteiger partial charge in [-0.3, -0.25) is 9.59 Å². The second kappa shape index (κ2) is 6.77. The van der Waals surface area contributed by atoms with Crippen molar-refractivity contribution >= 4 is 23.6 Å². The molecule has 1 aliphatic heterocycles. The highest BCUT2D eigenvalue weighted by molar-refractivity contribution is 8.00. The van der Waals surface area contributed by atoms with Gasteiger partial charge in [0.15, 0.2) is 0 Å². The zero-order chi connectivity index (χ0) is 15.5. The van der Waals surface area contributed by atoms with Crippen molar-refractivity contribution in [3.8, 4) is 0 Å². The van der Waals surface area contributed by atoms with Crippen molar-refractivity contribution < 1.29 is 14.0 Å². The third-order valence-corrected chi connectivity index (χ3v) is 5.48. The number of hydrogen-bond donors (Lipinski definition) is 1. The molecule has 2 aliphatic rings. The minimum absolute atomic E-state index is 0.0727. The molecule has 0 spiro atoms. The Morgan fingerprint density at radius 3 is 2.91 bits per heavy atom. The first-order valence-electron chi connectivity index (χ1n) is 7.94. The molecule has 0 aromatic carbocycles. The Morgan fingerprint density at radius 1 is 1.45 bits per heavy atom. The first kappa shape index (κ1) is 15.5. The van der Waals surface area contributed by atoms with Gasteiger partial charge in [-0.1, -0.05) is 13.3 Å². The van der Waals surface area contributed by atoms with Crippen molar-refractivity contribution in [2.45, 2.75) is 50.6 Å². The molecule has 2 atom stereocenters. The molecule has 6 heteroatoms. The Labute approximate surface area is 134 Å². The van der Waals surface area contributed by atoms with E-state index in [1.807, 2.05) is 11.0 Å². The van der Waals surface area contributed by atoms with E-state index in [9.17, 15) is 9.59 Å². The van der Waals surface area contributed by atoms with Gasteiger partial charge < -0.3 is 14.6 Å². The van der Waals surface area contributed by atoms with Crippen LogP contribution in [0.4, 0.5) is 0 Å². The maximum absolute atomic E-state index is 12.6. The zero-order valence-corrected chi connectivity index (χ0v) is 13.6. The minimum Gasteiger partial charge on any atom is -0.467 e. The van der Waals surface area contributed by atoms with Crippen LogP contribution in [0.2, 0.25) is 0 Å². The highest BCUT2D eigenvalue weighted by atomic mass is 32.2. The summed E-state index contributed by atoms with van der Waals surface area (Å²) in [5, 5.41) is 3.04. The smallest absolute Gasteiger partial charge is 0.244 e. The number of carbonyl (C=O) groups excluding carboxylic acids is 2. The first-order chi connectivity index (χ1) is 10.7. The summed E-state index contributed by atoms with van der Waals surface area (Å²) in [5.41, 5.74) is 0. The van der Waals surface area contributed by atoms with Gasteiger partial charge >= 0.3 is 0 Å². The van der Waals surface area contributed by atoms with Crippen LogP contribution in [0, 0.1) is 5.92 Å². The fourth-order valence-corrected chi connectivity index (χ4v) is 4.31. The van der Waals surface area contributed by atoms with E-state index in [2.05, 4.69) is 12.2 Å². The Kier molecular flexibility index (Phi) is 4.76. The van der Waals surface area contributed by atoms with E-state index in [1.54, 1.807) is 24.1 Å². The predicted molar refractivity (Wildman–Crippen MR) is 85.1 cm³/mol. The van der Waals surface area contributed by atoms with Gasteiger partial charge in [-0.15, -0.1) is 11.8 Å². The lowest BCUT2D eigenvalue weighted by Gasteiger charge is -2.28. The summed E-state index contributed by atoms with van der Waals surface area (Å²) < 4.78 is 5.23. The number of furan rings is 1. The van der Waals surface area contributed by atoms with E-state index in [-0.39, 0.29) is 29.1 Å². The normalized spacial score (nSPS) is 24.5. The summed E-state index contributed by atoms with van der Waals surface area (Å²) in [7, 11) is 0. The van der Waals surface area contributed by atoms with Crippen LogP contribution in [0.5, 0.6) is 0 Å². The van der Waals surface area contributed by atoms with Crippen LogP contribution in [-0.4, -0.2) is 33.9 Å². The Hall–Kier alpha value is -1.43. The molecular weight excluding hydrogens is 300 g/mol. The molecule has 2 unspecified atom stereocenters. The standard InChI is InChI=1S/C16H22N2O3S/c1-2-4-14-18(16(20)11-6-7-11)13(10-22-14)15(19)17-9-12-5-3-8-21-12/h3,5,8,11,13-14H,2,4,6-7,9-10H2,1H3,(H,17,19). The number of hydrogen-bond acceptors (Lipinski definition) is 4. The van der Waals surface area contributed by atoms with E-state index in [1.165, 1.54) is 0 Å². The number of carbonyl (C=O) groups is 2. The molecule has 0 radical (unpaired) electrons. The third kappa shape index (κ3) is 3.32. The van der Waals surface area contributed by atoms with Crippen LogP contribution in [0.3, 0.4) is 0 Å². The van der Waals surface area contributed by atoms with Gasteiger partial charge in [0.05, 0.1) is 18.2 Å². The lowest BCUT2D eigenvalue weighted by atomic mass is 10.2. The summed E-state index contributed by atoms with van der Waals surface area (Å²) >= 11 is 1.73. The molecule has 1 saturated heterocycles. The fourth-order valence-electron chi connectivity index (χ4n) is 2.78. The van der Waals surface area contributed by atoms with Crippen LogP contribution in [0.1, 0.15) is 38.4 Å². The molecule has 5 nitrogen and oxygen atoms in total. The van der Waals surface area contributed by atoms with E-state index in [0.29, 0.717) is 12.3 Å². The van der Waals surface area contributed by atoms with Crippen LogP contribution in [0.25, 0.3) is 0 Å². The number of nitrogens with zero attached hydrogens (tertiary/aromatic N) is 1. The largest absolute Gasteiger partial charge is 0.467 e. The molecule has 1 aliphatic carbocycles. The van der Waals surface area contributed by atoms with Crippen molar-refractivity contribution in [1.82, 2.24) is 10.2 Å². The molecule has 1 aromatic rings. The molecule has 0 bridgehead atoms. The Balaban J connectivity index is 1.64. The van der Waals surface area contributed by atoms with Crippen molar-refractivity contribution in [3.05, 3.63) is 24.2 Å². The van der Waals surface area contributed by atoms with Crippen LogP contribution in [0.15, 0.2) is 22.8 Å². The maximum Gasteiger partial charge on any atom is 0.244 e. The quantitative estimate of drug-likeness (QED) is 0.873. The van der Waals surface area contributed by atoms with E-state index in [0.717, 1.165) is 31.4 Å². The van der Waals surface area contributed by atoms with Crippen LogP contribution >= 0.6 is 11.8 Å². The van der Waals surface area contributed by atoms with Crippen LogP contribution < -0.4 is 5.32 Å². The lowest BCUT2D eigenvalue weighted by molar-refractivity contribution is -0.140. The molecule has 1 saturated carbocycles. The molecule has 120 valence electrons. The maximum atomic E-state index is 12.6. The molecule has 2 fully saturated rings. The van der Waals surface area contributed by atoms with Gasteiger partial charge in [-0.25, -0.2) is 0 Å². The lowest BCUT2D eigenvalue weighted by Crippen LogP contribution is -2.50. The van der Waals surface area contributed by atoms with Crippen molar-refractivity contribution in [2.75, 3.05) is 5.75 Å². The van der Waals surface area contributed by atoms with Gasteiger partial charge in [0, 0.05) is 11.7 Å². The highest BCUT2D eigenvalue weighted by Gasteiger charge is 2.45. The van der Waals surface area contributed by atoms with Crippen molar-refractivity contribution in [2.24, 2.45) is 5.92 Å². The fraction of sp³-hybridized carbons (Fsp3) is 0.625. The summed E-state index contributed by atoms with van der Waals surface area (Å²) in [6.07, 6.45) is 5.50. The molecule has 1 aromatic heterocycles. The van der Waals surface area contributed by atoms with Gasteiger partial charge in [0.1, 0.15) is 11.8 Å². The van der Waals surface area contributed by atoms with Crippen molar-refractivity contribution in [1.29, 1.82) is 0 Å². The molecule has 1 N–H and O–H groups in total. The minimum atomic E-state index is -0.343. The predicted octanol–water partition coefficient (Wildman–Crippen LogP) is 2.38. The molecule has 3 rings (SSSR count). The van der Waals surface area contributed by atoms with E-state index >= 15 is 0 Å². The summed E-state index contributed by atoms with van der Waals surface area (Å²) in [6, 6.07) is 3.29. The van der Waals surface area contributed by atoms with E-state index < -0.39 is 0 Å². The Morgan fingerprint density at radius 2 is 2.27 bits per heavy atom. The monoisotopic (exact) mass is 322 g/mol. The zero-order valence-electron chi connectivity index (χ0n) is 12.8. The number of nitrogens with one attached hydrogen (secondary N) is 1. The van der Waals surface area contributed by atoms with Gasteiger partial charge in [0.25, 0.3) is 0 Å². The van der Waals surface area contributed by atoms with Gasteiger partial charge in [-0.2, -0.15) is 0 Å². The third-order valence-electron chi connectivity index (χ3n) is 4.13. The SMILES string of the molecule is CCCC1SCC(C(=O)NCc2ccco2)N1C(=O)C1CC1. The molecular formula is C16H22N2O3S.